The molecule has 1 aliphatic rings. The van der Waals surface area contributed by atoms with Gasteiger partial charge in [0.15, 0.2) is 0 Å². The van der Waals surface area contributed by atoms with E-state index in [2.05, 4.69) is 39.4 Å². The number of nitrogens with zero attached hydrogens (tertiary/aromatic N) is 2. The highest BCUT2D eigenvalue weighted by molar-refractivity contribution is 6.04. The van der Waals surface area contributed by atoms with Crippen molar-refractivity contribution in [2.45, 2.75) is 0 Å². The number of hydrogen-bond donors (Lipinski definition) is 1. The summed E-state index contributed by atoms with van der Waals surface area (Å²) in [4.78, 5) is 16.9. The van der Waals surface area contributed by atoms with Gasteiger partial charge in [-0.15, -0.1) is 0 Å². The number of rotatable bonds is 4. The molecule has 4 nitrogen and oxygen atoms in total. The van der Waals surface area contributed by atoms with Gasteiger partial charge in [0.05, 0.1) is 5.56 Å². The quantitative estimate of drug-likeness (QED) is 0.734. The number of amides is 1. The van der Waals surface area contributed by atoms with E-state index < -0.39 is 11.7 Å². The van der Waals surface area contributed by atoms with Crippen LogP contribution in [0.15, 0.2) is 78.9 Å². The number of para-hydroxylation sites is 1. The third-order valence-electron chi connectivity index (χ3n) is 5.01. The molecule has 0 aromatic heterocycles. The lowest BCUT2D eigenvalue weighted by molar-refractivity contribution is 0.102. The van der Waals surface area contributed by atoms with Gasteiger partial charge in [-0.05, 0) is 48.5 Å². The van der Waals surface area contributed by atoms with Gasteiger partial charge in [0.1, 0.15) is 5.82 Å². The molecule has 0 spiro atoms. The van der Waals surface area contributed by atoms with Gasteiger partial charge in [-0.25, -0.2) is 4.39 Å². The molecule has 0 bridgehead atoms. The van der Waals surface area contributed by atoms with Gasteiger partial charge in [-0.1, -0.05) is 30.3 Å². The van der Waals surface area contributed by atoms with Crippen molar-refractivity contribution in [3.8, 4) is 0 Å². The Kier molecular flexibility index (Phi) is 5.24. The molecule has 1 heterocycles. The van der Waals surface area contributed by atoms with Crippen LogP contribution in [0.25, 0.3) is 0 Å². The van der Waals surface area contributed by atoms with E-state index >= 15 is 0 Å². The van der Waals surface area contributed by atoms with Crippen LogP contribution in [0, 0.1) is 5.82 Å². The van der Waals surface area contributed by atoms with Crippen LogP contribution < -0.4 is 15.1 Å². The minimum atomic E-state index is -0.520. The second-order valence-corrected chi connectivity index (χ2v) is 6.79. The zero-order valence-electron chi connectivity index (χ0n) is 15.5. The highest BCUT2D eigenvalue weighted by atomic mass is 19.1. The van der Waals surface area contributed by atoms with E-state index in [4.69, 9.17) is 0 Å². The summed E-state index contributed by atoms with van der Waals surface area (Å²) in [5, 5.41) is 2.75. The molecule has 1 fully saturated rings. The van der Waals surface area contributed by atoms with Gasteiger partial charge in [-0.3, -0.25) is 4.79 Å². The lowest BCUT2D eigenvalue weighted by Crippen LogP contribution is -2.46. The average molecular weight is 375 g/mol. The fourth-order valence-electron chi connectivity index (χ4n) is 3.46. The summed E-state index contributed by atoms with van der Waals surface area (Å²) in [7, 11) is 0. The fourth-order valence-corrected chi connectivity index (χ4v) is 3.46. The summed E-state index contributed by atoms with van der Waals surface area (Å²) < 4.78 is 13.7. The number of carbonyl (C=O) groups is 1. The molecule has 1 amide bonds. The van der Waals surface area contributed by atoms with Crippen molar-refractivity contribution in [1.29, 1.82) is 0 Å². The molecular weight excluding hydrogens is 353 g/mol. The number of benzene rings is 3. The largest absolute Gasteiger partial charge is 0.368 e. The van der Waals surface area contributed by atoms with Gasteiger partial charge in [-0.2, -0.15) is 0 Å². The first-order chi connectivity index (χ1) is 13.7. The maximum atomic E-state index is 13.7. The third-order valence-corrected chi connectivity index (χ3v) is 5.01. The van der Waals surface area contributed by atoms with Crippen molar-refractivity contribution in [3.05, 3.63) is 90.2 Å². The van der Waals surface area contributed by atoms with Crippen molar-refractivity contribution in [1.82, 2.24) is 0 Å². The van der Waals surface area contributed by atoms with E-state index in [0.29, 0.717) is 5.69 Å². The first-order valence-electron chi connectivity index (χ1n) is 9.41. The Labute approximate surface area is 164 Å². The van der Waals surface area contributed by atoms with E-state index in [1.807, 2.05) is 30.3 Å². The summed E-state index contributed by atoms with van der Waals surface area (Å²) in [6, 6.07) is 24.1. The van der Waals surface area contributed by atoms with E-state index in [-0.39, 0.29) is 5.56 Å². The summed E-state index contributed by atoms with van der Waals surface area (Å²) >= 11 is 0. The number of carbonyl (C=O) groups excluding carboxylic acids is 1. The molecule has 1 N–H and O–H groups in total. The zero-order valence-corrected chi connectivity index (χ0v) is 15.5. The Morgan fingerprint density at radius 1 is 0.714 bits per heavy atom. The second kappa shape index (κ2) is 8.13. The lowest BCUT2D eigenvalue weighted by Gasteiger charge is -2.37. The predicted molar refractivity (Wildman–Crippen MR) is 112 cm³/mol. The molecule has 0 saturated carbocycles. The highest BCUT2D eigenvalue weighted by Crippen LogP contribution is 2.22. The Bertz CT molecular complexity index is 936. The predicted octanol–water partition coefficient (Wildman–Crippen LogP) is 4.40. The van der Waals surface area contributed by atoms with Crippen LogP contribution in [0.1, 0.15) is 10.4 Å². The van der Waals surface area contributed by atoms with Crippen LogP contribution in [0.5, 0.6) is 0 Å². The summed E-state index contributed by atoms with van der Waals surface area (Å²) in [6.45, 7) is 3.82. The molecule has 0 radical (unpaired) electrons. The van der Waals surface area contributed by atoms with Gasteiger partial charge in [0, 0.05) is 43.2 Å². The first kappa shape index (κ1) is 18.0. The summed E-state index contributed by atoms with van der Waals surface area (Å²) in [6.07, 6.45) is 0. The van der Waals surface area contributed by atoms with Crippen LogP contribution in [0.4, 0.5) is 21.5 Å². The molecule has 0 aliphatic carbocycles. The minimum Gasteiger partial charge on any atom is -0.368 e. The van der Waals surface area contributed by atoms with Gasteiger partial charge < -0.3 is 15.1 Å². The Morgan fingerprint density at radius 3 is 1.86 bits per heavy atom. The van der Waals surface area contributed by atoms with E-state index in [1.54, 1.807) is 12.1 Å². The molecule has 1 aliphatic heterocycles. The van der Waals surface area contributed by atoms with Crippen LogP contribution in [-0.4, -0.2) is 32.1 Å². The number of piperazine rings is 1. The minimum absolute atomic E-state index is 0.0450. The molecule has 5 heteroatoms. The number of halogens is 1. The Hall–Kier alpha value is -3.34. The standard InChI is InChI=1S/C23H22FN3O/c24-22-9-5-4-8-21(22)23(28)25-18-10-12-20(13-11-18)27-16-14-26(15-17-27)19-6-2-1-3-7-19/h1-13H,14-17H2,(H,25,28). The van der Waals surface area contributed by atoms with Crippen molar-refractivity contribution in [2.75, 3.05) is 41.3 Å². The third kappa shape index (κ3) is 3.98. The van der Waals surface area contributed by atoms with E-state index in [1.165, 1.54) is 17.8 Å². The van der Waals surface area contributed by atoms with E-state index in [9.17, 15) is 9.18 Å². The molecular formula is C23H22FN3O. The van der Waals surface area contributed by atoms with Crippen LogP contribution in [0.2, 0.25) is 0 Å². The molecule has 3 aromatic carbocycles. The number of anilines is 3. The van der Waals surface area contributed by atoms with Crippen molar-refractivity contribution in [2.24, 2.45) is 0 Å². The molecule has 142 valence electrons. The molecule has 1 saturated heterocycles. The fraction of sp³-hybridized carbons (Fsp3) is 0.174. The van der Waals surface area contributed by atoms with Gasteiger partial charge in [0.2, 0.25) is 0 Å². The molecule has 4 rings (SSSR count). The zero-order chi connectivity index (χ0) is 19.3. The van der Waals surface area contributed by atoms with Crippen molar-refractivity contribution in [3.63, 3.8) is 0 Å². The number of hydrogen-bond acceptors (Lipinski definition) is 3. The normalized spacial score (nSPS) is 14.0. The maximum Gasteiger partial charge on any atom is 0.258 e. The Morgan fingerprint density at radius 2 is 1.25 bits per heavy atom. The van der Waals surface area contributed by atoms with Crippen molar-refractivity contribution >= 4 is 23.0 Å². The van der Waals surface area contributed by atoms with Crippen molar-refractivity contribution < 1.29 is 9.18 Å². The van der Waals surface area contributed by atoms with Crippen LogP contribution >= 0.6 is 0 Å². The molecule has 0 atom stereocenters. The monoisotopic (exact) mass is 375 g/mol. The van der Waals surface area contributed by atoms with Crippen LogP contribution in [0.3, 0.4) is 0 Å². The van der Waals surface area contributed by atoms with Crippen LogP contribution in [-0.2, 0) is 0 Å². The second-order valence-electron chi connectivity index (χ2n) is 6.79. The maximum absolute atomic E-state index is 13.7. The molecule has 28 heavy (non-hydrogen) atoms. The summed E-state index contributed by atoms with van der Waals surface area (Å²) in [5.74, 6) is -0.963. The molecule has 3 aromatic rings. The lowest BCUT2D eigenvalue weighted by atomic mass is 10.2. The average Bonchev–Trinajstić information content (AvgIpc) is 2.75. The SMILES string of the molecule is O=C(Nc1ccc(N2CCN(c3ccccc3)CC2)cc1)c1ccccc1F. The van der Waals surface area contributed by atoms with Gasteiger partial charge in [0.25, 0.3) is 5.91 Å². The van der Waals surface area contributed by atoms with E-state index in [0.717, 1.165) is 31.9 Å². The highest BCUT2D eigenvalue weighted by Gasteiger charge is 2.17. The van der Waals surface area contributed by atoms with Gasteiger partial charge >= 0.3 is 0 Å². The molecule has 0 unspecified atom stereocenters. The summed E-state index contributed by atoms with van der Waals surface area (Å²) in [5.41, 5.74) is 3.08. The smallest absolute Gasteiger partial charge is 0.258 e. The first-order valence-corrected chi connectivity index (χ1v) is 9.41. The number of nitrogens with one attached hydrogen (secondary N) is 1. The Balaban J connectivity index is 1.36. The topological polar surface area (TPSA) is 35.6 Å².